The highest BCUT2D eigenvalue weighted by atomic mass is 16.5. The Balaban J connectivity index is 2.35. The molecule has 0 fully saturated rings. The normalized spacial score (nSPS) is 9.67. The van der Waals surface area contributed by atoms with Gasteiger partial charge in [-0.25, -0.2) is 0 Å². The number of carbonyl (C=O) groups excluding carboxylic acids is 1. The minimum Gasteiger partial charge on any atom is -0.465 e. The van der Waals surface area contributed by atoms with Crippen LogP contribution in [0, 0.1) is 6.92 Å². The molecule has 0 aromatic heterocycles. The minimum atomic E-state index is -0.210. The molecule has 0 aliphatic rings. The maximum Gasteiger partial charge on any atom is 0.309 e. The molecule has 0 bridgehead atoms. The number of aryl methyl sites for hydroxylation is 1. The first-order valence-electron chi connectivity index (χ1n) is 5.05. The second-order valence-electron chi connectivity index (χ2n) is 3.39. The maximum absolute atomic E-state index is 11.0. The fourth-order valence-corrected chi connectivity index (χ4v) is 1.34. The average Bonchev–Trinajstić information content (AvgIpc) is 2.21. The van der Waals surface area contributed by atoms with Crippen molar-refractivity contribution in [3.05, 3.63) is 48.0 Å². The van der Waals surface area contributed by atoms with Crippen molar-refractivity contribution in [2.45, 2.75) is 19.8 Å². The Morgan fingerprint density at radius 3 is 2.87 bits per heavy atom. The van der Waals surface area contributed by atoms with Crippen LogP contribution < -0.4 is 0 Å². The van der Waals surface area contributed by atoms with Gasteiger partial charge >= 0.3 is 5.97 Å². The van der Waals surface area contributed by atoms with Gasteiger partial charge in [0.25, 0.3) is 0 Å². The van der Waals surface area contributed by atoms with Gasteiger partial charge in [0.2, 0.25) is 0 Å². The summed E-state index contributed by atoms with van der Waals surface area (Å²) in [5.74, 6) is -0.210. The second kappa shape index (κ2) is 6.02. The maximum atomic E-state index is 11.0. The first-order valence-corrected chi connectivity index (χ1v) is 5.05. The lowest BCUT2D eigenvalue weighted by atomic mass is 10.1. The van der Waals surface area contributed by atoms with E-state index >= 15 is 0 Å². The molecule has 1 aromatic rings. The number of hydrogen-bond acceptors (Lipinski definition) is 2. The van der Waals surface area contributed by atoms with Crippen LogP contribution >= 0.6 is 0 Å². The van der Waals surface area contributed by atoms with E-state index in [1.807, 2.05) is 12.1 Å². The largest absolute Gasteiger partial charge is 0.465 e. The van der Waals surface area contributed by atoms with Crippen molar-refractivity contribution in [2.75, 3.05) is 6.61 Å². The number of esters is 1. The Kier molecular flexibility index (Phi) is 4.61. The molecule has 15 heavy (non-hydrogen) atoms. The Hall–Kier alpha value is -1.57. The van der Waals surface area contributed by atoms with Gasteiger partial charge in [-0.1, -0.05) is 30.3 Å². The van der Waals surface area contributed by atoms with Crippen LogP contribution in [0.2, 0.25) is 0 Å². The number of hydrogen-bond donors (Lipinski definition) is 0. The van der Waals surface area contributed by atoms with Crippen LogP contribution in [0.3, 0.4) is 0 Å². The first-order chi connectivity index (χ1) is 7.24. The van der Waals surface area contributed by atoms with Gasteiger partial charge < -0.3 is 4.74 Å². The van der Waals surface area contributed by atoms with E-state index < -0.39 is 0 Å². The summed E-state index contributed by atoms with van der Waals surface area (Å²) in [6.45, 7) is 5.98. The first kappa shape index (κ1) is 11.5. The predicted octanol–water partition coefficient (Wildman–Crippen LogP) is 2.66. The van der Waals surface area contributed by atoms with E-state index in [9.17, 15) is 4.79 Å². The summed E-state index contributed by atoms with van der Waals surface area (Å²) in [5, 5.41) is 0. The lowest BCUT2D eigenvalue weighted by Crippen LogP contribution is -2.06. The SMILES string of the molecule is C=CCC(=O)OCCc1ccccc1C. The van der Waals surface area contributed by atoms with Crippen molar-refractivity contribution in [1.29, 1.82) is 0 Å². The molecule has 0 radical (unpaired) electrons. The van der Waals surface area contributed by atoms with Gasteiger partial charge in [-0.2, -0.15) is 0 Å². The molecule has 1 rings (SSSR count). The summed E-state index contributed by atoms with van der Waals surface area (Å²) in [5.41, 5.74) is 2.46. The molecule has 2 nitrogen and oxygen atoms in total. The predicted molar refractivity (Wildman–Crippen MR) is 60.7 cm³/mol. The fraction of sp³-hybridized carbons (Fsp3) is 0.308. The van der Waals surface area contributed by atoms with E-state index in [-0.39, 0.29) is 12.4 Å². The number of ether oxygens (including phenoxy) is 1. The smallest absolute Gasteiger partial charge is 0.309 e. The van der Waals surface area contributed by atoms with E-state index in [1.54, 1.807) is 6.08 Å². The minimum absolute atomic E-state index is 0.210. The quantitative estimate of drug-likeness (QED) is 0.544. The van der Waals surface area contributed by atoms with Gasteiger partial charge in [0, 0.05) is 6.42 Å². The molecule has 0 aliphatic carbocycles. The van der Waals surface area contributed by atoms with E-state index in [2.05, 4.69) is 25.6 Å². The van der Waals surface area contributed by atoms with Crippen LogP contribution in [0.1, 0.15) is 17.5 Å². The van der Waals surface area contributed by atoms with Gasteiger partial charge in [0.05, 0.1) is 13.0 Å². The van der Waals surface area contributed by atoms with E-state index in [4.69, 9.17) is 4.74 Å². The van der Waals surface area contributed by atoms with Crippen molar-refractivity contribution < 1.29 is 9.53 Å². The molecule has 0 saturated heterocycles. The van der Waals surface area contributed by atoms with Crippen LogP contribution in [-0.2, 0) is 16.0 Å². The number of rotatable bonds is 5. The summed E-state index contributed by atoms with van der Waals surface area (Å²) in [7, 11) is 0. The average molecular weight is 204 g/mol. The fourth-order valence-electron chi connectivity index (χ4n) is 1.34. The number of carbonyl (C=O) groups is 1. The highest BCUT2D eigenvalue weighted by molar-refractivity contribution is 5.70. The van der Waals surface area contributed by atoms with Crippen LogP contribution in [0.5, 0.6) is 0 Å². The molecular weight excluding hydrogens is 188 g/mol. The molecule has 0 saturated carbocycles. The molecule has 0 heterocycles. The summed E-state index contributed by atoms with van der Waals surface area (Å²) >= 11 is 0. The molecule has 0 unspecified atom stereocenters. The third kappa shape index (κ3) is 3.98. The van der Waals surface area contributed by atoms with Crippen molar-refractivity contribution in [2.24, 2.45) is 0 Å². The summed E-state index contributed by atoms with van der Waals surface area (Å²) in [4.78, 5) is 11.0. The highest BCUT2D eigenvalue weighted by Crippen LogP contribution is 2.07. The standard InChI is InChI=1S/C13H16O2/c1-3-6-13(14)15-10-9-12-8-5-4-7-11(12)2/h3-5,7-8H,1,6,9-10H2,2H3. The molecule has 80 valence electrons. The zero-order valence-electron chi connectivity index (χ0n) is 9.03. The molecule has 1 aromatic carbocycles. The van der Waals surface area contributed by atoms with Crippen LogP contribution in [0.15, 0.2) is 36.9 Å². The second-order valence-corrected chi connectivity index (χ2v) is 3.39. The third-order valence-corrected chi connectivity index (χ3v) is 2.21. The van der Waals surface area contributed by atoms with E-state index in [0.717, 1.165) is 6.42 Å². The lowest BCUT2D eigenvalue weighted by Gasteiger charge is -2.05. The zero-order valence-corrected chi connectivity index (χ0v) is 9.03. The molecule has 2 heteroatoms. The monoisotopic (exact) mass is 204 g/mol. The van der Waals surface area contributed by atoms with Gasteiger partial charge in [0.1, 0.15) is 0 Å². The molecule has 0 aliphatic heterocycles. The Morgan fingerprint density at radius 2 is 2.20 bits per heavy atom. The van der Waals surface area contributed by atoms with Crippen molar-refractivity contribution >= 4 is 5.97 Å². The van der Waals surface area contributed by atoms with E-state index in [1.165, 1.54) is 11.1 Å². The van der Waals surface area contributed by atoms with E-state index in [0.29, 0.717) is 6.61 Å². The van der Waals surface area contributed by atoms with Crippen molar-refractivity contribution in [3.63, 3.8) is 0 Å². The molecular formula is C13H16O2. The molecule has 0 atom stereocenters. The van der Waals surface area contributed by atoms with Gasteiger partial charge in [-0.15, -0.1) is 6.58 Å². The topological polar surface area (TPSA) is 26.3 Å². The Morgan fingerprint density at radius 1 is 1.47 bits per heavy atom. The summed E-state index contributed by atoms with van der Waals surface area (Å²) in [6.07, 6.45) is 2.61. The van der Waals surface area contributed by atoms with Gasteiger partial charge in [-0.05, 0) is 18.1 Å². The van der Waals surface area contributed by atoms with Crippen LogP contribution in [0.4, 0.5) is 0 Å². The zero-order chi connectivity index (χ0) is 11.1. The summed E-state index contributed by atoms with van der Waals surface area (Å²) < 4.78 is 5.03. The lowest BCUT2D eigenvalue weighted by molar-refractivity contribution is -0.142. The Labute approximate surface area is 90.6 Å². The molecule has 0 amide bonds. The number of benzene rings is 1. The van der Waals surface area contributed by atoms with Gasteiger partial charge in [0.15, 0.2) is 0 Å². The third-order valence-electron chi connectivity index (χ3n) is 2.21. The van der Waals surface area contributed by atoms with Crippen molar-refractivity contribution in [1.82, 2.24) is 0 Å². The highest BCUT2D eigenvalue weighted by Gasteiger charge is 2.01. The Bertz CT molecular complexity index is 342. The molecule has 0 spiro atoms. The van der Waals surface area contributed by atoms with Crippen molar-refractivity contribution in [3.8, 4) is 0 Å². The summed E-state index contributed by atoms with van der Waals surface area (Å²) in [6, 6.07) is 8.11. The van der Waals surface area contributed by atoms with Crippen LogP contribution in [0.25, 0.3) is 0 Å². The molecule has 0 N–H and O–H groups in total. The van der Waals surface area contributed by atoms with Crippen LogP contribution in [-0.4, -0.2) is 12.6 Å². The van der Waals surface area contributed by atoms with Gasteiger partial charge in [-0.3, -0.25) is 4.79 Å².